The molecule has 1 aromatic carbocycles. The Hall–Kier alpha value is -0.900. The third kappa shape index (κ3) is 2.58. The molecule has 0 N–H and O–H groups in total. The normalized spacial score (nSPS) is 14.4. The van der Waals surface area contributed by atoms with E-state index in [9.17, 15) is 9.18 Å². The van der Waals surface area contributed by atoms with Crippen molar-refractivity contribution in [2.75, 3.05) is 6.61 Å². The van der Waals surface area contributed by atoms with Crippen LogP contribution in [0.5, 0.6) is 0 Å². The molecule has 18 heavy (non-hydrogen) atoms. The standard InChI is InChI=1S/C14H18BrFO2/c1-5-18-13(17)14(4,9(2)3)10-7-6-8-11(15)12(10)16/h6-9H,5H2,1-4H3. The second kappa shape index (κ2) is 5.83. The van der Waals surface area contributed by atoms with Crippen LogP contribution >= 0.6 is 15.9 Å². The number of carbonyl (C=O) groups excluding carboxylic acids is 1. The Labute approximate surface area is 116 Å². The molecule has 1 unspecified atom stereocenters. The number of halogens is 2. The van der Waals surface area contributed by atoms with Gasteiger partial charge >= 0.3 is 5.97 Å². The average Bonchev–Trinajstić information content (AvgIpc) is 2.31. The lowest BCUT2D eigenvalue weighted by atomic mass is 9.73. The minimum atomic E-state index is -0.982. The highest BCUT2D eigenvalue weighted by Gasteiger charge is 2.42. The van der Waals surface area contributed by atoms with Crippen molar-refractivity contribution in [3.05, 3.63) is 34.1 Å². The molecule has 2 nitrogen and oxygen atoms in total. The molecule has 100 valence electrons. The summed E-state index contributed by atoms with van der Waals surface area (Å²) in [5, 5.41) is 0. The van der Waals surface area contributed by atoms with Crippen molar-refractivity contribution in [1.82, 2.24) is 0 Å². The van der Waals surface area contributed by atoms with Gasteiger partial charge in [-0.15, -0.1) is 0 Å². The van der Waals surface area contributed by atoms with E-state index in [2.05, 4.69) is 15.9 Å². The van der Waals surface area contributed by atoms with Gasteiger partial charge in [-0.1, -0.05) is 26.0 Å². The van der Waals surface area contributed by atoms with Gasteiger partial charge in [0.25, 0.3) is 0 Å². The molecule has 0 spiro atoms. The largest absolute Gasteiger partial charge is 0.465 e. The van der Waals surface area contributed by atoms with Crippen LogP contribution in [0, 0.1) is 11.7 Å². The van der Waals surface area contributed by atoms with Crippen molar-refractivity contribution in [1.29, 1.82) is 0 Å². The monoisotopic (exact) mass is 316 g/mol. The first kappa shape index (κ1) is 15.2. The molecule has 0 fully saturated rings. The zero-order chi connectivity index (χ0) is 13.9. The lowest BCUT2D eigenvalue weighted by Gasteiger charge is -2.32. The third-order valence-corrected chi connectivity index (χ3v) is 3.98. The smallest absolute Gasteiger partial charge is 0.316 e. The SMILES string of the molecule is CCOC(=O)C(C)(c1cccc(Br)c1F)C(C)C. The second-order valence-electron chi connectivity index (χ2n) is 4.68. The quantitative estimate of drug-likeness (QED) is 0.783. The van der Waals surface area contributed by atoms with Crippen LogP contribution in [-0.2, 0) is 14.9 Å². The highest BCUT2D eigenvalue weighted by atomic mass is 79.9. The predicted octanol–water partition coefficient (Wildman–Crippen LogP) is 4.07. The predicted molar refractivity (Wildman–Crippen MR) is 72.9 cm³/mol. The van der Waals surface area contributed by atoms with Gasteiger partial charge in [0.15, 0.2) is 0 Å². The molecular weight excluding hydrogens is 299 g/mol. The van der Waals surface area contributed by atoms with E-state index < -0.39 is 17.2 Å². The van der Waals surface area contributed by atoms with Crippen LogP contribution in [0.15, 0.2) is 22.7 Å². The summed E-state index contributed by atoms with van der Waals surface area (Å²) in [6, 6.07) is 4.98. The van der Waals surface area contributed by atoms with Gasteiger partial charge in [-0.25, -0.2) is 4.39 Å². The maximum Gasteiger partial charge on any atom is 0.316 e. The van der Waals surface area contributed by atoms with E-state index in [4.69, 9.17) is 4.74 Å². The summed E-state index contributed by atoms with van der Waals surface area (Å²) >= 11 is 3.15. The zero-order valence-electron chi connectivity index (χ0n) is 11.1. The van der Waals surface area contributed by atoms with Gasteiger partial charge in [-0.3, -0.25) is 4.79 Å². The molecule has 0 aliphatic rings. The lowest BCUT2D eigenvalue weighted by Crippen LogP contribution is -2.40. The summed E-state index contributed by atoms with van der Waals surface area (Å²) in [7, 11) is 0. The van der Waals surface area contributed by atoms with Gasteiger partial charge < -0.3 is 4.74 Å². The third-order valence-electron chi connectivity index (χ3n) is 3.37. The van der Waals surface area contributed by atoms with Gasteiger partial charge in [-0.2, -0.15) is 0 Å². The first-order valence-corrected chi connectivity index (χ1v) is 6.76. The Balaban J connectivity index is 3.36. The van der Waals surface area contributed by atoms with Crippen molar-refractivity contribution >= 4 is 21.9 Å². The number of esters is 1. The first-order chi connectivity index (χ1) is 8.35. The van der Waals surface area contributed by atoms with Crippen LogP contribution in [-0.4, -0.2) is 12.6 Å². The minimum absolute atomic E-state index is 0.0691. The average molecular weight is 317 g/mol. The van der Waals surface area contributed by atoms with Crippen molar-refractivity contribution < 1.29 is 13.9 Å². The summed E-state index contributed by atoms with van der Waals surface area (Å²) in [4.78, 5) is 12.2. The summed E-state index contributed by atoms with van der Waals surface area (Å²) < 4.78 is 19.7. The Morgan fingerprint density at radius 3 is 2.61 bits per heavy atom. The van der Waals surface area contributed by atoms with Crippen molar-refractivity contribution in [3.63, 3.8) is 0 Å². The molecule has 0 saturated heterocycles. The van der Waals surface area contributed by atoms with Crippen LogP contribution in [0.3, 0.4) is 0 Å². The van der Waals surface area contributed by atoms with Gasteiger partial charge in [-0.05, 0) is 41.8 Å². The molecule has 0 aliphatic carbocycles. The van der Waals surface area contributed by atoms with E-state index in [1.165, 1.54) is 0 Å². The van der Waals surface area contributed by atoms with Gasteiger partial charge in [0.05, 0.1) is 16.5 Å². The summed E-state index contributed by atoms with van der Waals surface area (Å²) in [6.07, 6.45) is 0. The van der Waals surface area contributed by atoms with Gasteiger partial charge in [0.1, 0.15) is 5.82 Å². The van der Waals surface area contributed by atoms with E-state index in [0.29, 0.717) is 10.0 Å². The number of benzene rings is 1. The molecule has 4 heteroatoms. The zero-order valence-corrected chi connectivity index (χ0v) is 12.7. The highest BCUT2D eigenvalue weighted by molar-refractivity contribution is 9.10. The number of carbonyl (C=O) groups is 1. The van der Waals surface area contributed by atoms with Crippen LogP contribution in [0.1, 0.15) is 33.3 Å². The lowest BCUT2D eigenvalue weighted by molar-refractivity contribution is -0.151. The molecule has 0 saturated carbocycles. The Morgan fingerprint density at radius 1 is 1.50 bits per heavy atom. The van der Waals surface area contributed by atoms with E-state index in [1.807, 2.05) is 13.8 Å². The molecule has 0 heterocycles. The molecule has 1 aromatic rings. The maximum absolute atomic E-state index is 14.2. The Morgan fingerprint density at radius 2 is 2.11 bits per heavy atom. The Bertz CT molecular complexity index is 445. The summed E-state index contributed by atoms with van der Waals surface area (Å²) in [5.74, 6) is -0.862. The van der Waals surface area contributed by atoms with E-state index in [-0.39, 0.29) is 12.5 Å². The molecule has 0 aliphatic heterocycles. The number of ether oxygens (including phenoxy) is 1. The number of rotatable bonds is 4. The number of hydrogen-bond donors (Lipinski definition) is 0. The molecule has 1 rings (SSSR count). The topological polar surface area (TPSA) is 26.3 Å². The minimum Gasteiger partial charge on any atom is -0.465 e. The summed E-state index contributed by atoms with van der Waals surface area (Å²) in [6.45, 7) is 7.53. The fourth-order valence-electron chi connectivity index (χ4n) is 1.84. The van der Waals surface area contributed by atoms with Crippen molar-refractivity contribution in [2.45, 2.75) is 33.1 Å². The van der Waals surface area contributed by atoms with E-state index in [0.717, 1.165) is 0 Å². The molecule has 0 radical (unpaired) electrons. The van der Waals surface area contributed by atoms with Crippen LogP contribution in [0.4, 0.5) is 4.39 Å². The highest BCUT2D eigenvalue weighted by Crippen LogP contribution is 2.37. The molecule has 0 aromatic heterocycles. The fraction of sp³-hybridized carbons (Fsp3) is 0.500. The fourth-order valence-corrected chi connectivity index (χ4v) is 2.21. The second-order valence-corrected chi connectivity index (χ2v) is 5.53. The van der Waals surface area contributed by atoms with Gasteiger partial charge in [0, 0.05) is 5.56 Å². The van der Waals surface area contributed by atoms with Gasteiger partial charge in [0.2, 0.25) is 0 Å². The van der Waals surface area contributed by atoms with Crippen molar-refractivity contribution in [2.24, 2.45) is 5.92 Å². The molecule has 1 atom stereocenters. The summed E-state index contributed by atoms with van der Waals surface area (Å²) in [5.41, 5.74) is -0.616. The van der Waals surface area contributed by atoms with Crippen molar-refractivity contribution in [3.8, 4) is 0 Å². The van der Waals surface area contributed by atoms with E-state index in [1.54, 1.807) is 32.0 Å². The maximum atomic E-state index is 14.2. The van der Waals surface area contributed by atoms with Crippen LogP contribution in [0.25, 0.3) is 0 Å². The Kier molecular flexibility index (Phi) is 4.91. The van der Waals surface area contributed by atoms with Crippen LogP contribution < -0.4 is 0 Å². The first-order valence-electron chi connectivity index (χ1n) is 5.97. The molecule has 0 bridgehead atoms. The molecule has 0 amide bonds. The molecular formula is C14H18BrFO2. The van der Waals surface area contributed by atoms with E-state index >= 15 is 0 Å². The number of hydrogen-bond acceptors (Lipinski definition) is 2. The van der Waals surface area contributed by atoms with Crippen LogP contribution in [0.2, 0.25) is 0 Å².